The Bertz CT molecular complexity index is 744. The van der Waals surface area contributed by atoms with Crippen LogP contribution in [0.25, 0.3) is 10.9 Å². The van der Waals surface area contributed by atoms with E-state index in [0.29, 0.717) is 17.9 Å². The van der Waals surface area contributed by atoms with Crippen LogP contribution in [0.2, 0.25) is 0 Å². The van der Waals surface area contributed by atoms with Gasteiger partial charge in [-0.3, -0.25) is 9.88 Å². The molecule has 4 heteroatoms. The normalized spacial score (nSPS) is 31.2. The summed E-state index contributed by atoms with van der Waals surface area (Å²) < 4.78 is 0. The predicted octanol–water partition coefficient (Wildman–Crippen LogP) is 2.84. The smallest absolute Gasteiger partial charge is 0.116 e. The molecule has 2 unspecified atom stereocenters. The Balaban J connectivity index is 1.69. The third-order valence-electron chi connectivity index (χ3n) is 5.69. The summed E-state index contributed by atoms with van der Waals surface area (Å²) >= 11 is 0. The molecular weight excluding hydrogens is 286 g/mol. The lowest BCUT2D eigenvalue weighted by atomic mass is 9.73. The van der Waals surface area contributed by atoms with Crippen molar-refractivity contribution in [3.8, 4) is 5.75 Å². The number of benzene rings is 1. The fraction of sp³-hybridized carbons (Fsp3) is 0.421. The van der Waals surface area contributed by atoms with Crippen molar-refractivity contribution in [1.82, 2.24) is 9.88 Å². The van der Waals surface area contributed by atoms with Gasteiger partial charge in [-0.2, -0.15) is 0 Å². The molecule has 5 rings (SSSR count). The van der Waals surface area contributed by atoms with Gasteiger partial charge in [0.15, 0.2) is 0 Å². The Labute approximate surface area is 136 Å². The van der Waals surface area contributed by atoms with E-state index in [1.54, 1.807) is 12.1 Å². The number of fused-ring (bicyclic) bond motifs is 4. The molecule has 1 aromatic heterocycles. The Morgan fingerprint density at radius 1 is 1.39 bits per heavy atom. The second kappa shape index (κ2) is 5.62. The minimum atomic E-state index is -0.0594. The molecule has 0 amide bonds. The Kier molecular flexibility index (Phi) is 3.58. The van der Waals surface area contributed by atoms with E-state index in [0.717, 1.165) is 36.0 Å². The lowest BCUT2D eigenvalue weighted by Gasteiger charge is -2.51. The van der Waals surface area contributed by atoms with Crippen LogP contribution in [0.3, 0.4) is 0 Å². The van der Waals surface area contributed by atoms with Gasteiger partial charge in [-0.15, -0.1) is 6.58 Å². The van der Waals surface area contributed by atoms with E-state index >= 15 is 0 Å². The van der Waals surface area contributed by atoms with Crippen molar-refractivity contribution in [2.75, 3.05) is 13.1 Å². The molecule has 0 spiro atoms. The van der Waals surface area contributed by atoms with Gasteiger partial charge in [-0.25, -0.2) is 0 Å². The van der Waals surface area contributed by atoms with Crippen LogP contribution in [0.4, 0.5) is 0 Å². The largest absolute Gasteiger partial charge is 0.508 e. The van der Waals surface area contributed by atoms with Crippen LogP contribution < -0.4 is 5.73 Å². The van der Waals surface area contributed by atoms with E-state index in [2.05, 4.69) is 22.5 Å². The van der Waals surface area contributed by atoms with Crippen LogP contribution in [0.5, 0.6) is 5.75 Å². The molecule has 3 aliphatic heterocycles. The van der Waals surface area contributed by atoms with E-state index in [9.17, 15) is 5.11 Å². The molecular formula is C19H23N3O. The Hall–Kier alpha value is -1.91. The highest BCUT2D eigenvalue weighted by Gasteiger charge is 2.41. The van der Waals surface area contributed by atoms with Gasteiger partial charge in [0.25, 0.3) is 0 Å². The lowest BCUT2D eigenvalue weighted by Crippen LogP contribution is -2.56. The first-order chi connectivity index (χ1) is 11.2. The number of piperidine rings is 3. The van der Waals surface area contributed by atoms with E-state index in [1.165, 1.54) is 6.42 Å². The zero-order chi connectivity index (χ0) is 16.0. The number of hydrogen-bond acceptors (Lipinski definition) is 4. The summed E-state index contributed by atoms with van der Waals surface area (Å²) in [5, 5.41) is 10.8. The van der Waals surface area contributed by atoms with Gasteiger partial charge in [0.2, 0.25) is 0 Å². The average Bonchev–Trinajstić information content (AvgIpc) is 2.60. The third-order valence-corrected chi connectivity index (χ3v) is 5.69. The topological polar surface area (TPSA) is 62.4 Å². The zero-order valence-electron chi connectivity index (χ0n) is 13.2. The summed E-state index contributed by atoms with van der Waals surface area (Å²) in [4.78, 5) is 6.91. The summed E-state index contributed by atoms with van der Waals surface area (Å²) in [5.74, 6) is 1.57. The maximum absolute atomic E-state index is 9.83. The van der Waals surface area contributed by atoms with Crippen molar-refractivity contribution in [2.45, 2.75) is 24.9 Å². The van der Waals surface area contributed by atoms with Crippen LogP contribution in [0, 0.1) is 11.8 Å². The Morgan fingerprint density at radius 2 is 2.26 bits per heavy atom. The number of aromatic nitrogens is 1. The van der Waals surface area contributed by atoms with Gasteiger partial charge in [0.05, 0.1) is 5.52 Å². The maximum atomic E-state index is 9.83. The molecule has 2 aromatic rings. The monoisotopic (exact) mass is 309 g/mol. The molecule has 3 aliphatic rings. The summed E-state index contributed by atoms with van der Waals surface area (Å²) in [6, 6.07) is 7.60. The van der Waals surface area contributed by atoms with Crippen LogP contribution >= 0.6 is 0 Å². The first kappa shape index (κ1) is 14.7. The molecule has 1 aromatic carbocycles. The van der Waals surface area contributed by atoms with Crippen molar-refractivity contribution >= 4 is 10.9 Å². The highest BCUT2D eigenvalue weighted by Crippen LogP contribution is 2.41. The number of aromatic hydroxyl groups is 1. The molecule has 0 saturated carbocycles. The first-order valence-corrected chi connectivity index (χ1v) is 8.37. The highest BCUT2D eigenvalue weighted by atomic mass is 16.3. The van der Waals surface area contributed by atoms with Crippen LogP contribution in [-0.2, 0) is 0 Å². The van der Waals surface area contributed by atoms with Gasteiger partial charge in [0.1, 0.15) is 5.75 Å². The molecule has 4 nitrogen and oxygen atoms in total. The molecule has 3 fully saturated rings. The molecule has 3 saturated heterocycles. The van der Waals surface area contributed by atoms with E-state index in [1.807, 2.05) is 18.3 Å². The van der Waals surface area contributed by atoms with Crippen molar-refractivity contribution in [2.24, 2.45) is 17.6 Å². The number of nitrogens with two attached hydrogens (primary N) is 1. The number of phenolic OH excluding ortho intramolecular Hbond substituents is 1. The second-order valence-corrected chi connectivity index (χ2v) is 6.87. The minimum absolute atomic E-state index is 0.0594. The number of nitrogens with zero attached hydrogens (tertiary/aromatic N) is 2. The molecule has 23 heavy (non-hydrogen) atoms. The van der Waals surface area contributed by atoms with Crippen LogP contribution in [0.15, 0.2) is 43.1 Å². The standard InChI is InChI=1S/C19H23N3O/c1-2-12-11-22-8-6-13(12)9-18(22)19(20)15-5-7-21-17-4-3-14(23)10-16(15)17/h2-5,7,10,12-13,18-19,23H,1,6,8-9,11,20H2/t12-,13?,18-,19+/m0/s1. The molecule has 2 bridgehead atoms. The quantitative estimate of drug-likeness (QED) is 0.856. The summed E-state index contributed by atoms with van der Waals surface area (Å²) in [6.45, 7) is 6.18. The van der Waals surface area contributed by atoms with Gasteiger partial charge < -0.3 is 10.8 Å². The fourth-order valence-corrected chi connectivity index (χ4v) is 4.40. The van der Waals surface area contributed by atoms with Crippen molar-refractivity contribution in [1.29, 1.82) is 0 Å². The number of pyridine rings is 1. The summed E-state index contributed by atoms with van der Waals surface area (Å²) in [6.07, 6.45) is 6.30. The van der Waals surface area contributed by atoms with Crippen LogP contribution in [0.1, 0.15) is 24.4 Å². The molecule has 5 atom stereocenters. The SMILES string of the molecule is C=C[C@H]1CN2CCC1C[C@H]2[C@H](N)c1ccnc2ccc(O)cc12. The van der Waals surface area contributed by atoms with Crippen LogP contribution in [-0.4, -0.2) is 34.1 Å². The van der Waals surface area contributed by atoms with Gasteiger partial charge in [-0.05, 0) is 61.1 Å². The first-order valence-electron chi connectivity index (χ1n) is 8.37. The van der Waals surface area contributed by atoms with Gasteiger partial charge >= 0.3 is 0 Å². The number of phenols is 1. The van der Waals surface area contributed by atoms with E-state index in [4.69, 9.17) is 5.73 Å². The van der Waals surface area contributed by atoms with E-state index < -0.39 is 0 Å². The fourth-order valence-electron chi connectivity index (χ4n) is 4.40. The van der Waals surface area contributed by atoms with E-state index in [-0.39, 0.29) is 11.8 Å². The number of rotatable bonds is 3. The zero-order valence-corrected chi connectivity index (χ0v) is 13.2. The van der Waals surface area contributed by atoms with Gasteiger partial charge in [-0.1, -0.05) is 6.08 Å². The van der Waals surface area contributed by atoms with Crippen molar-refractivity contribution in [3.05, 3.63) is 48.7 Å². The predicted molar refractivity (Wildman–Crippen MR) is 92.1 cm³/mol. The molecule has 0 aliphatic carbocycles. The molecule has 4 heterocycles. The molecule has 3 N–H and O–H groups in total. The van der Waals surface area contributed by atoms with Gasteiger partial charge in [0, 0.05) is 30.2 Å². The molecule has 120 valence electrons. The third kappa shape index (κ3) is 2.42. The Morgan fingerprint density at radius 3 is 3.00 bits per heavy atom. The lowest BCUT2D eigenvalue weighted by molar-refractivity contribution is 0.00749. The average molecular weight is 309 g/mol. The summed E-state index contributed by atoms with van der Waals surface area (Å²) in [7, 11) is 0. The second-order valence-electron chi connectivity index (χ2n) is 6.87. The molecule has 0 radical (unpaired) electrons. The summed E-state index contributed by atoms with van der Waals surface area (Å²) in [5.41, 5.74) is 8.65. The highest BCUT2D eigenvalue weighted by molar-refractivity contribution is 5.83. The minimum Gasteiger partial charge on any atom is -0.508 e. The van der Waals surface area contributed by atoms with Crippen molar-refractivity contribution < 1.29 is 5.11 Å². The van der Waals surface area contributed by atoms with Crippen molar-refractivity contribution in [3.63, 3.8) is 0 Å². The number of hydrogen-bond donors (Lipinski definition) is 2. The maximum Gasteiger partial charge on any atom is 0.116 e.